The van der Waals surface area contributed by atoms with Crippen molar-refractivity contribution in [3.05, 3.63) is 226 Å². The molecule has 1 amide bonds. The lowest BCUT2D eigenvalue weighted by molar-refractivity contribution is -0.137. The molecule has 4 aliphatic rings. The van der Waals surface area contributed by atoms with Gasteiger partial charge in [0.15, 0.2) is 5.60 Å². The first-order chi connectivity index (χ1) is 37.4. The number of halogens is 3. The predicted molar refractivity (Wildman–Crippen MR) is 306 cm³/mol. The Morgan fingerprint density at radius 1 is 0.675 bits per heavy atom. The second-order valence-corrected chi connectivity index (χ2v) is 22.2. The van der Waals surface area contributed by atoms with Crippen molar-refractivity contribution < 1.29 is 27.4 Å². The van der Waals surface area contributed by atoms with Crippen LogP contribution in [-0.2, 0) is 21.9 Å². The van der Waals surface area contributed by atoms with Gasteiger partial charge in [0.2, 0.25) is 0 Å². The van der Waals surface area contributed by atoms with Gasteiger partial charge in [-0.05, 0) is 148 Å². The van der Waals surface area contributed by atoms with Gasteiger partial charge in [-0.25, -0.2) is 0 Å². The minimum atomic E-state index is -4.60. The first kappa shape index (κ1) is 50.4. The van der Waals surface area contributed by atoms with Crippen LogP contribution < -0.4 is 15.0 Å². The van der Waals surface area contributed by atoms with Crippen LogP contribution in [0.15, 0.2) is 176 Å². The number of nitrogens with one attached hydrogen (secondary N) is 1. The van der Waals surface area contributed by atoms with Crippen molar-refractivity contribution in [1.29, 1.82) is 0 Å². The van der Waals surface area contributed by atoms with Crippen molar-refractivity contribution in [3.63, 3.8) is 0 Å². The quantitative estimate of drug-likeness (QED) is 0.124. The van der Waals surface area contributed by atoms with Gasteiger partial charge in [-0.15, -0.1) is 0 Å². The number of nitrogens with zero attached hydrogens (tertiary/aromatic N) is 1. The fraction of sp³-hybridized carbons (Fsp3) is 0.290. The SMILES string of the molecule is CCCCCC1CCC(c2ccc(-c3ccc(C(=O)Nc4ccc(C5=CC(c6ccccc6)(c6ccc(N7CCOCC7)cc6)Oc6c5c5c(c7ccc(C(F)(F)F)cc67)-c6ccccc6C5(C)C)cc4)cc3)cc2)CC1. The number of unbranched alkanes of at least 4 members (excludes halogenated alkanes) is 2. The average molecular weight is 1030 g/mol. The Morgan fingerprint density at radius 2 is 1.32 bits per heavy atom. The summed E-state index contributed by atoms with van der Waals surface area (Å²) in [5.41, 5.74) is 11.2. The van der Waals surface area contributed by atoms with Crippen molar-refractivity contribution in [2.45, 2.75) is 95.2 Å². The molecule has 77 heavy (non-hydrogen) atoms. The molecule has 0 radical (unpaired) electrons. The first-order valence-corrected chi connectivity index (χ1v) is 27.7. The average Bonchev–Trinajstić information content (AvgIpc) is 3.99. The fourth-order valence-electron chi connectivity index (χ4n) is 13.0. The van der Waals surface area contributed by atoms with Crippen LogP contribution in [0.2, 0.25) is 0 Å². The van der Waals surface area contributed by atoms with Crippen LogP contribution in [0.4, 0.5) is 24.5 Å². The van der Waals surface area contributed by atoms with Gasteiger partial charge in [-0.2, -0.15) is 13.2 Å². The molecule has 8 aromatic rings. The maximum atomic E-state index is 14.9. The summed E-state index contributed by atoms with van der Waals surface area (Å²) in [5.74, 6) is 1.67. The third kappa shape index (κ3) is 9.43. The number of ether oxygens (including phenoxy) is 2. The molecule has 0 spiro atoms. The van der Waals surface area contributed by atoms with Crippen LogP contribution in [-0.4, -0.2) is 32.2 Å². The zero-order valence-corrected chi connectivity index (χ0v) is 44.2. The van der Waals surface area contributed by atoms with Crippen LogP contribution in [0.3, 0.4) is 0 Å². The normalized spacial score (nSPS) is 19.7. The highest BCUT2D eigenvalue weighted by molar-refractivity contribution is 6.11. The molecule has 0 aromatic heterocycles. The van der Waals surface area contributed by atoms with Crippen LogP contribution in [0.5, 0.6) is 5.75 Å². The number of carbonyl (C=O) groups is 1. The third-order valence-corrected chi connectivity index (χ3v) is 17.2. The summed E-state index contributed by atoms with van der Waals surface area (Å²) in [5, 5.41) is 4.22. The summed E-state index contributed by atoms with van der Waals surface area (Å²) < 4.78 is 58.1. The summed E-state index contributed by atoms with van der Waals surface area (Å²) >= 11 is 0. The van der Waals surface area contributed by atoms with Crippen LogP contribution in [0.25, 0.3) is 38.6 Å². The molecule has 12 rings (SSSR count). The highest BCUT2D eigenvalue weighted by atomic mass is 19.4. The van der Waals surface area contributed by atoms with Crippen molar-refractivity contribution >= 4 is 33.6 Å². The monoisotopic (exact) mass is 1030 g/mol. The Kier molecular flexibility index (Phi) is 13.4. The lowest BCUT2D eigenvalue weighted by atomic mass is 9.73. The topological polar surface area (TPSA) is 50.8 Å². The lowest BCUT2D eigenvalue weighted by Crippen LogP contribution is -2.37. The molecule has 2 aliphatic heterocycles. The molecular formula is C69H65F3N2O3. The smallest absolute Gasteiger partial charge is 0.416 e. The minimum Gasteiger partial charge on any atom is -0.472 e. The van der Waals surface area contributed by atoms with E-state index in [1.54, 1.807) is 6.07 Å². The number of fused-ring (bicyclic) bond motifs is 8. The van der Waals surface area contributed by atoms with E-state index < -0.39 is 22.8 Å². The molecule has 2 heterocycles. The predicted octanol–water partition coefficient (Wildman–Crippen LogP) is 17.5. The van der Waals surface area contributed by atoms with E-state index in [-0.39, 0.29) is 5.91 Å². The maximum Gasteiger partial charge on any atom is 0.416 e. The van der Waals surface area contributed by atoms with E-state index in [0.29, 0.717) is 46.9 Å². The highest BCUT2D eigenvalue weighted by Crippen LogP contribution is 2.61. The molecular weight excluding hydrogens is 962 g/mol. The van der Waals surface area contributed by atoms with E-state index in [4.69, 9.17) is 9.47 Å². The standard InChI is InChI=1S/C69H65F3N2O3/c1-4-5-7-12-45-17-19-46(20-18-45)47-21-23-48(24-22-47)49-25-27-51(28-26-49)66(75)73-55-34-29-50(30-35-55)60-44-68(52-13-8-6-9-14-52,53-31-36-56(37-32-53)74-39-41-76-42-40-74)77-65-59-43-54(69(70,71)72)33-38-57(59)62-58-15-10-11-16-61(58)67(2,3)64(62)63(60)65/h6,8-11,13-16,21-38,43-46H,4-5,7,12,17-20,39-42H2,1-3H3,(H,73,75). The van der Waals surface area contributed by atoms with Crippen molar-refractivity contribution in [2.75, 3.05) is 36.5 Å². The largest absolute Gasteiger partial charge is 0.472 e. The number of rotatable bonds is 12. The van der Waals surface area contributed by atoms with E-state index in [2.05, 4.69) is 97.7 Å². The van der Waals surface area contributed by atoms with Gasteiger partial charge in [-0.1, -0.05) is 168 Å². The summed E-state index contributed by atoms with van der Waals surface area (Å²) in [6.45, 7) is 9.49. The van der Waals surface area contributed by atoms with Crippen LogP contribution in [0, 0.1) is 5.92 Å². The Balaban J connectivity index is 0.908. The third-order valence-electron chi connectivity index (χ3n) is 17.2. The molecule has 0 bridgehead atoms. The lowest BCUT2D eigenvalue weighted by Gasteiger charge is -2.41. The van der Waals surface area contributed by atoms with Crippen molar-refractivity contribution in [3.8, 4) is 28.0 Å². The summed E-state index contributed by atoms with van der Waals surface area (Å²) in [4.78, 5) is 16.3. The summed E-state index contributed by atoms with van der Waals surface area (Å²) in [6, 6.07) is 55.2. The number of amides is 1. The Bertz CT molecular complexity index is 3480. The zero-order valence-electron chi connectivity index (χ0n) is 44.2. The molecule has 2 aliphatic carbocycles. The molecule has 8 aromatic carbocycles. The second kappa shape index (κ2) is 20.5. The molecule has 1 saturated carbocycles. The molecule has 1 N–H and O–H groups in total. The zero-order chi connectivity index (χ0) is 52.9. The molecule has 5 nitrogen and oxygen atoms in total. The molecule has 2 fully saturated rings. The Morgan fingerprint density at radius 3 is 2.01 bits per heavy atom. The van der Waals surface area contributed by atoms with E-state index in [1.165, 1.54) is 69.1 Å². The first-order valence-electron chi connectivity index (χ1n) is 27.7. The summed E-state index contributed by atoms with van der Waals surface area (Å²) in [6.07, 6.45) is 8.13. The minimum absolute atomic E-state index is 0.228. The number of anilines is 2. The molecule has 8 heteroatoms. The van der Waals surface area contributed by atoms with Gasteiger partial charge in [-0.3, -0.25) is 4.79 Å². The van der Waals surface area contributed by atoms with Crippen molar-refractivity contribution in [2.24, 2.45) is 5.92 Å². The van der Waals surface area contributed by atoms with E-state index in [1.807, 2.05) is 91.0 Å². The number of hydrogen-bond acceptors (Lipinski definition) is 4. The van der Waals surface area contributed by atoms with Gasteiger partial charge in [0.25, 0.3) is 5.91 Å². The summed E-state index contributed by atoms with van der Waals surface area (Å²) in [7, 11) is 0. The van der Waals surface area contributed by atoms with E-state index in [9.17, 15) is 18.0 Å². The Labute approximate surface area is 450 Å². The number of alkyl halides is 3. The fourth-order valence-corrected chi connectivity index (χ4v) is 13.0. The van der Waals surface area contributed by atoms with Gasteiger partial charge in [0.1, 0.15) is 5.75 Å². The molecule has 1 saturated heterocycles. The van der Waals surface area contributed by atoms with Gasteiger partial charge < -0.3 is 19.7 Å². The maximum absolute atomic E-state index is 14.9. The number of carbonyl (C=O) groups excluding carboxylic acids is 1. The van der Waals surface area contributed by atoms with Gasteiger partial charge in [0.05, 0.1) is 18.8 Å². The van der Waals surface area contributed by atoms with Crippen LogP contribution >= 0.6 is 0 Å². The Hall–Kier alpha value is -7.42. The van der Waals surface area contributed by atoms with Crippen molar-refractivity contribution in [1.82, 2.24) is 0 Å². The number of morpholine rings is 1. The van der Waals surface area contributed by atoms with E-state index >= 15 is 0 Å². The van der Waals surface area contributed by atoms with Gasteiger partial charge in [0, 0.05) is 57.5 Å². The molecule has 1 atom stereocenters. The van der Waals surface area contributed by atoms with Crippen LogP contribution in [0.1, 0.15) is 133 Å². The molecule has 1 unspecified atom stereocenters. The highest BCUT2D eigenvalue weighted by Gasteiger charge is 2.47. The van der Waals surface area contributed by atoms with E-state index in [0.717, 1.165) is 85.9 Å². The van der Waals surface area contributed by atoms with Gasteiger partial charge >= 0.3 is 6.18 Å². The second-order valence-electron chi connectivity index (χ2n) is 22.2. The number of hydrogen-bond donors (Lipinski definition) is 1. The number of benzene rings is 8. The molecule has 390 valence electrons.